The van der Waals surface area contributed by atoms with Crippen molar-refractivity contribution < 1.29 is 14.2 Å². The van der Waals surface area contributed by atoms with Gasteiger partial charge in [-0.05, 0) is 72.1 Å². The molecule has 0 radical (unpaired) electrons. The Morgan fingerprint density at radius 1 is 0.347 bits per heavy atom. The molecule has 6 nitrogen and oxygen atoms in total. The minimum atomic E-state index is 0.586. The summed E-state index contributed by atoms with van der Waals surface area (Å²) in [6.45, 7) is 4.47. The Hall–Kier alpha value is -5.88. The number of fused-ring (bicyclic) bond motifs is 3. The van der Waals surface area contributed by atoms with E-state index < -0.39 is 0 Å². The number of nitrogens with zero attached hydrogens (tertiary/aromatic N) is 3. The molecule has 0 N–H and O–H groups in total. The Morgan fingerprint density at radius 3 is 1.06 bits per heavy atom. The van der Waals surface area contributed by atoms with Crippen LogP contribution >= 0.6 is 0 Å². The molecule has 0 atom stereocenters. The third-order valence-electron chi connectivity index (χ3n) is 9.26. The second-order valence-electron chi connectivity index (χ2n) is 12.6. The Labute approximate surface area is 288 Å². The zero-order valence-corrected chi connectivity index (χ0v) is 27.4. The molecule has 244 valence electrons. The molecule has 0 fully saturated rings. The summed E-state index contributed by atoms with van der Waals surface area (Å²) in [6, 6.07) is 52.8. The molecule has 3 heterocycles. The molecule has 0 aliphatic carbocycles. The SMILES string of the molecule is c1ccc(N2COc3ccccc3C2)cc1.c1ccc2c(c1)CN(c1ccc(Cc3ccc(N4COc5ccccc5C4)cc3)cc1)CO2. The number of hydrogen-bond acceptors (Lipinski definition) is 6. The number of rotatable bonds is 5. The van der Waals surface area contributed by atoms with Crippen LogP contribution in [0.15, 0.2) is 152 Å². The van der Waals surface area contributed by atoms with E-state index in [4.69, 9.17) is 14.2 Å². The molecular formula is C43H39N3O3. The van der Waals surface area contributed by atoms with Gasteiger partial charge < -0.3 is 28.9 Å². The highest BCUT2D eigenvalue weighted by Gasteiger charge is 2.19. The summed E-state index contributed by atoms with van der Waals surface area (Å²) >= 11 is 0. The van der Waals surface area contributed by atoms with Crippen LogP contribution < -0.4 is 28.9 Å². The van der Waals surface area contributed by atoms with Gasteiger partial charge in [-0.2, -0.15) is 0 Å². The molecule has 3 aliphatic heterocycles. The van der Waals surface area contributed by atoms with Crippen LogP contribution in [-0.2, 0) is 26.1 Å². The predicted octanol–water partition coefficient (Wildman–Crippen LogP) is 9.03. The van der Waals surface area contributed by atoms with Crippen molar-refractivity contribution in [1.82, 2.24) is 0 Å². The molecule has 9 rings (SSSR count). The third kappa shape index (κ3) is 7.04. The van der Waals surface area contributed by atoms with Crippen molar-refractivity contribution in [1.29, 1.82) is 0 Å². The van der Waals surface area contributed by atoms with Gasteiger partial charge in [-0.25, -0.2) is 0 Å². The fourth-order valence-corrected chi connectivity index (χ4v) is 6.54. The molecule has 0 spiro atoms. The van der Waals surface area contributed by atoms with E-state index in [2.05, 4.69) is 124 Å². The first-order valence-corrected chi connectivity index (χ1v) is 16.8. The number of benzene rings is 6. The first-order chi connectivity index (χ1) is 24.2. The van der Waals surface area contributed by atoms with Gasteiger partial charge in [0.15, 0.2) is 20.2 Å². The van der Waals surface area contributed by atoms with Crippen molar-refractivity contribution in [2.45, 2.75) is 26.1 Å². The predicted molar refractivity (Wildman–Crippen MR) is 196 cm³/mol. The smallest absolute Gasteiger partial charge is 0.161 e. The number of hydrogen-bond donors (Lipinski definition) is 0. The standard InChI is InChI=1S/C29H26N2O2.C14H13NO/c1-3-7-28-24(5-1)18-30(20-32-28)26-13-9-22(10-14-26)17-23-11-15-27(16-12-23)31-19-25-6-2-4-8-29(25)33-21-31;1-2-7-13(8-3-1)15-10-12-6-4-5-9-14(12)16-11-15/h1-16H,17-21H2;1-9H,10-11H2. The minimum Gasteiger partial charge on any atom is -0.473 e. The van der Waals surface area contributed by atoms with Gasteiger partial charge in [0.1, 0.15) is 17.2 Å². The maximum Gasteiger partial charge on any atom is 0.161 e. The first-order valence-electron chi connectivity index (χ1n) is 16.8. The minimum absolute atomic E-state index is 0.586. The molecule has 0 bridgehead atoms. The Balaban J connectivity index is 0.000000182. The van der Waals surface area contributed by atoms with E-state index in [0.717, 1.165) is 43.3 Å². The van der Waals surface area contributed by atoms with E-state index in [1.54, 1.807) is 0 Å². The molecule has 6 aromatic rings. The van der Waals surface area contributed by atoms with Gasteiger partial charge in [0.05, 0.1) is 0 Å². The van der Waals surface area contributed by atoms with Crippen molar-refractivity contribution in [3.63, 3.8) is 0 Å². The molecule has 6 aromatic carbocycles. The molecular weight excluding hydrogens is 606 g/mol. The zero-order valence-electron chi connectivity index (χ0n) is 27.4. The highest BCUT2D eigenvalue weighted by Crippen LogP contribution is 2.31. The van der Waals surface area contributed by atoms with Crippen molar-refractivity contribution in [3.05, 3.63) is 179 Å². The lowest BCUT2D eigenvalue weighted by atomic mass is 10.0. The van der Waals surface area contributed by atoms with E-state index in [9.17, 15) is 0 Å². The van der Waals surface area contributed by atoms with Crippen molar-refractivity contribution in [3.8, 4) is 17.2 Å². The summed E-state index contributed by atoms with van der Waals surface area (Å²) in [5, 5.41) is 0. The van der Waals surface area contributed by atoms with Crippen molar-refractivity contribution in [2.75, 3.05) is 34.9 Å². The number of anilines is 3. The molecule has 0 saturated heterocycles. The van der Waals surface area contributed by atoms with Gasteiger partial charge in [0, 0.05) is 53.4 Å². The fraction of sp³-hybridized carbons (Fsp3) is 0.163. The van der Waals surface area contributed by atoms with Gasteiger partial charge in [-0.1, -0.05) is 97.1 Å². The summed E-state index contributed by atoms with van der Waals surface area (Å²) in [6.07, 6.45) is 0.916. The Morgan fingerprint density at radius 2 is 0.673 bits per heavy atom. The van der Waals surface area contributed by atoms with Crippen LogP contribution in [0.4, 0.5) is 17.1 Å². The quantitative estimate of drug-likeness (QED) is 0.186. The first kappa shape index (κ1) is 30.5. The number of ether oxygens (including phenoxy) is 3. The average molecular weight is 646 g/mol. The van der Waals surface area contributed by atoms with Gasteiger partial charge in [0.25, 0.3) is 0 Å². The zero-order chi connectivity index (χ0) is 32.8. The van der Waals surface area contributed by atoms with E-state index in [1.165, 1.54) is 44.9 Å². The topological polar surface area (TPSA) is 37.4 Å². The van der Waals surface area contributed by atoms with Gasteiger partial charge in [-0.3, -0.25) is 0 Å². The lowest BCUT2D eigenvalue weighted by molar-refractivity contribution is 0.289. The normalized spacial score (nSPS) is 14.5. The van der Waals surface area contributed by atoms with Gasteiger partial charge in [0.2, 0.25) is 0 Å². The fourth-order valence-electron chi connectivity index (χ4n) is 6.54. The third-order valence-corrected chi connectivity index (χ3v) is 9.26. The van der Waals surface area contributed by atoms with Gasteiger partial charge >= 0.3 is 0 Å². The molecule has 0 aromatic heterocycles. The van der Waals surface area contributed by atoms with Crippen LogP contribution in [0.5, 0.6) is 17.2 Å². The van der Waals surface area contributed by atoms with Crippen LogP contribution in [0.3, 0.4) is 0 Å². The summed E-state index contributed by atoms with van der Waals surface area (Å²) < 4.78 is 17.5. The number of para-hydroxylation sites is 4. The van der Waals surface area contributed by atoms with Crippen LogP contribution in [0.1, 0.15) is 27.8 Å². The summed E-state index contributed by atoms with van der Waals surface area (Å²) in [7, 11) is 0. The lowest BCUT2D eigenvalue weighted by Gasteiger charge is -2.31. The Bertz CT molecular complexity index is 1900. The molecule has 49 heavy (non-hydrogen) atoms. The van der Waals surface area contributed by atoms with Crippen molar-refractivity contribution >= 4 is 17.1 Å². The molecule has 0 unspecified atom stereocenters. The summed E-state index contributed by atoms with van der Waals surface area (Å²) in [5.74, 6) is 3.00. The molecule has 3 aliphatic rings. The largest absolute Gasteiger partial charge is 0.473 e. The van der Waals surface area contributed by atoms with Crippen LogP contribution in [0.2, 0.25) is 0 Å². The highest BCUT2D eigenvalue weighted by molar-refractivity contribution is 5.54. The van der Waals surface area contributed by atoms with E-state index >= 15 is 0 Å². The second-order valence-corrected chi connectivity index (χ2v) is 12.6. The van der Waals surface area contributed by atoms with Crippen LogP contribution in [0, 0.1) is 0 Å². The average Bonchev–Trinajstić information content (AvgIpc) is 3.18. The molecule has 6 heteroatoms. The van der Waals surface area contributed by atoms with Crippen molar-refractivity contribution in [2.24, 2.45) is 0 Å². The second kappa shape index (κ2) is 14.1. The molecule has 0 saturated carbocycles. The Kier molecular flexibility index (Phi) is 8.75. The molecule has 0 amide bonds. The lowest BCUT2D eigenvalue weighted by Crippen LogP contribution is -2.31. The monoisotopic (exact) mass is 645 g/mol. The van der Waals surface area contributed by atoms with Crippen LogP contribution in [0.25, 0.3) is 0 Å². The van der Waals surface area contributed by atoms with E-state index in [-0.39, 0.29) is 0 Å². The van der Waals surface area contributed by atoms with Gasteiger partial charge in [-0.15, -0.1) is 0 Å². The summed E-state index contributed by atoms with van der Waals surface area (Å²) in [5.41, 5.74) is 9.91. The van der Waals surface area contributed by atoms with E-state index in [0.29, 0.717) is 20.2 Å². The van der Waals surface area contributed by atoms with E-state index in [1.807, 2.05) is 42.5 Å². The summed E-state index contributed by atoms with van der Waals surface area (Å²) in [4.78, 5) is 6.75. The highest BCUT2D eigenvalue weighted by atomic mass is 16.5. The van der Waals surface area contributed by atoms with Crippen LogP contribution in [-0.4, -0.2) is 20.2 Å². The maximum atomic E-state index is 5.91. The maximum absolute atomic E-state index is 5.91.